The average Bonchev–Trinajstić information content (AvgIpc) is 2.64. The molecule has 0 spiro atoms. The van der Waals surface area contributed by atoms with Gasteiger partial charge in [-0.05, 0) is 37.8 Å². The van der Waals surface area contributed by atoms with Gasteiger partial charge in [0.15, 0.2) is 5.69 Å². The highest BCUT2D eigenvalue weighted by atomic mass is 19.4. The number of β-amino-alcohol motifs (C(OH)–C–C–N with tert-alkyl or cyclic N) is 1. The van der Waals surface area contributed by atoms with Crippen LogP contribution in [0.2, 0.25) is 0 Å². The summed E-state index contributed by atoms with van der Waals surface area (Å²) < 4.78 is 39.8. The zero-order chi connectivity index (χ0) is 19.8. The van der Waals surface area contributed by atoms with Crippen molar-refractivity contribution in [2.24, 2.45) is 5.92 Å². The molecule has 2 fully saturated rings. The predicted octanol–water partition coefficient (Wildman–Crippen LogP) is 1.10. The highest BCUT2D eigenvalue weighted by Crippen LogP contribution is 2.36. The van der Waals surface area contributed by atoms with Crippen LogP contribution in [0.15, 0.2) is 18.3 Å². The Balaban J connectivity index is 1.71. The van der Waals surface area contributed by atoms with Crippen molar-refractivity contribution < 1.29 is 28.5 Å². The van der Waals surface area contributed by atoms with E-state index < -0.39 is 30.2 Å². The van der Waals surface area contributed by atoms with Crippen LogP contribution < -0.4 is 4.90 Å². The molecule has 1 aromatic rings. The zero-order valence-electron chi connectivity index (χ0n) is 15.2. The summed E-state index contributed by atoms with van der Waals surface area (Å²) in [5.74, 6) is 0.0946. The van der Waals surface area contributed by atoms with E-state index in [9.17, 15) is 28.5 Å². The number of hydrogen-bond donors (Lipinski definition) is 3. The molecule has 0 bridgehead atoms. The number of anilines is 1. The molecule has 0 radical (unpaired) electrons. The number of hydrogen-bond acceptors (Lipinski definition) is 6. The molecule has 1 unspecified atom stereocenters. The second-order valence-corrected chi connectivity index (χ2v) is 7.57. The Kier molecular flexibility index (Phi) is 5.95. The van der Waals surface area contributed by atoms with Crippen molar-refractivity contribution in [1.29, 1.82) is 0 Å². The SMILES string of the molecule is C[C@@H]1[C@@H](O)[C@H](O)[C@@H](O)CN1CC1CCCN(c2cccnc2C(F)(F)F)C1. The molecule has 3 N–H and O–H groups in total. The number of aliphatic hydroxyl groups is 3. The van der Waals surface area contributed by atoms with Crippen molar-refractivity contribution in [3.63, 3.8) is 0 Å². The van der Waals surface area contributed by atoms with Gasteiger partial charge < -0.3 is 20.2 Å². The van der Waals surface area contributed by atoms with E-state index in [1.54, 1.807) is 11.8 Å². The van der Waals surface area contributed by atoms with Gasteiger partial charge in [0, 0.05) is 38.4 Å². The summed E-state index contributed by atoms with van der Waals surface area (Å²) in [5, 5.41) is 29.8. The molecule has 152 valence electrons. The number of pyridine rings is 1. The maximum absolute atomic E-state index is 13.3. The van der Waals surface area contributed by atoms with Crippen molar-refractivity contribution >= 4 is 5.69 Å². The molecule has 2 aliphatic rings. The highest BCUT2D eigenvalue weighted by Gasteiger charge is 2.41. The second kappa shape index (κ2) is 7.90. The third-order valence-corrected chi connectivity index (χ3v) is 5.64. The fourth-order valence-electron chi connectivity index (χ4n) is 4.12. The number of piperidine rings is 2. The van der Waals surface area contributed by atoms with E-state index >= 15 is 0 Å². The quantitative estimate of drug-likeness (QED) is 0.719. The van der Waals surface area contributed by atoms with Gasteiger partial charge in [-0.1, -0.05) is 0 Å². The maximum atomic E-state index is 13.3. The maximum Gasteiger partial charge on any atom is 0.435 e. The molecule has 3 rings (SSSR count). The first-order chi connectivity index (χ1) is 12.7. The van der Waals surface area contributed by atoms with Crippen molar-refractivity contribution in [3.8, 4) is 0 Å². The van der Waals surface area contributed by atoms with E-state index in [0.29, 0.717) is 19.6 Å². The summed E-state index contributed by atoms with van der Waals surface area (Å²) in [7, 11) is 0. The molecule has 2 aliphatic heterocycles. The number of alkyl halides is 3. The van der Waals surface area contributed by atoms with Crippen LogP contribution in [0.1, 0.15) is 25.5 Å². The number of nitrogens with zero attached hydrogens (tertiary/aromatic N) is 3. The van der Waals surface area contributed by atoms with Crippen LogP contribution in [0.25, 0.3) is 0 Å². The summed E-state index contributed by atoms with van der Waals surface area (Å²) in [6.07, 6.45) is -5.01. The van der Waals surface area contributed by atoms with Crippen LogP contribution in [0.4, 0.5) is 18.9 Å². The fourth-order valence-corrected chi connectivity index (χ4v) is 4.12. The highest BCUT2D eigenvalue weighted by molar-refractivity contribution is 5.52. The normalized spacial score (nSPS) is 33.3. The van der Waals surface area contributed by atoms with Gasteiger partial charge in [-0.25, -0.2) is 4.98 Å². The average molecular weight is 389 g/mol. The van der Waals surface area contributed by atoms with Gasteiger partial charge in [0.05, 0.1) is 17.9 Å². The summed E-state index contributed by atoms with van der Waals surface area (Å²) in [6.45, 7) is 3.54. The Labute approximate surface area is 156 Å². The van der Waals surface area contributed by atoms with Gasteiger partial charge in [-0.2, -0.15) is 13.2 Å². The Morgan fingerprint density at radius 1 is 1.19 bits per heavy atom. The van der Waals surface area contributed by atoms with Crippen LogP contribution in [0, 0.1) is 5.92 Å². The Morgan fingerprint density at radius 3 is 2.63 bits per heavy atom. The summed E-state index contributed by atoms with van der Waals surface area (Å²) >= 11 is 0. The molecule has 0 saturated carbocycles. The van der Waals surface area contributed by atoms with Crippen LogP contribution in [0.3, 0.4) is 0 Å². The number of aromatic nitrogens is 1. The minimum absolute atomic E-state index is 0.0943. The number of aliphatic hydroxyl groups excluding tert-OH is 3. The second-order valence-electron chi connectivity index (χ2n) is 7.57. The smallest absolute Gasteiger partial charge is 0.389 e. The van der Waals surface area contributed by atoms with Gasteiger partial charge in [-0.3, -0.25) is 4.90 Å². The van der Waals surface area contributed by atoms with Crippen molar-refractivity contribution in [3.05, 3.63) is 24.0 Å². The summed E-state index contributed by atoms with van der Waals surface area (Å²) in [5.41, 5.74) is -0.775. The Morgan fingerprint density at radius 2 is 1.93 bits per heavy atom. The predicted molar refractivity (Wildman–Crippen MR) is 93.2 cm³/mol. The topological polar surface area (TPSA) is 80.1 Å². The van der Waals surface area contributed by atoms with Crippen LogP contribution in [-0.2, 0) is 6.18 Å². The number of likely N-dealkylation sites (tertiary alicyclic amines) is 1. The van der Waals surface area contributed by atoms with Gasteiger partial charge in [0.2, 0.25) is 0 Å². The largest absolute Gasteiger partial charge is 0.435 e. The van der Waals surface area contributed by atoms with E-state index in [1.165, 1.54) is 12.1 Å². The van der Waals surface area contributed by atoms with Gasteiger partial charge in [0.1, 0.15) is 6.10 Å². The fraction of sp³-hybridized carbons (Fsp3) is 0.722. The van der Waals surface area contributed by atoms with E-state index in [0.717, 1.165) is 19.0 Å². The van der Waals surface area contributed by atoms with Gasteiger partial charge >= 0.3 is 6.18 Å². The van der Waals surface area contributed by atoms with Gasteiger partial charge in [-0.15, -0.1) is 0 Å². The number of halogens is 3. The molecule has 0 amide bonds. The standard InChI is InChI=1S/C18H26F3N3O3/c1-11-15(26)16(27)14(25)10-24(11)9-12-4-3-7-23(8-12)13-5-2-6-22-17(13)18(19,20)21/h2,5-6,11-12,14-16,25-27H,3-4,7-10H2,1H3/t11-,12?,14+,15-,16-/m1/s1. The van der Waals surface area contributed by atoms with E-state index in [-0.39, 0.29) is 24.2 Å². The molecule has 9 heteroatoms. The molecule has 27 heavy (non-hydrogen) atoms. The van der Waals surface area contributed by atoms with Gasteiger partial charge in [0.25, 0.3) is 0 Å². The molecular weight excluding hydrogens is 363 g/mol. The summed E-state index contributed by atoms with van der Waals surface area (Å²) in [6, 6.07) is 2.63. The molecule has 0 aromatic carbocycles. The minimum atomic E-state index is -4.50. The lowest BCUT2D eigenvalue weighted by atomic mass is 9.91. The van der Waals surface area contributed by atoms with Crippen LogP contribution >= 0.6 is 0 Å². The lowest BCUT2D eigenvalue weighted by molar-refractivity contribution is -0.140. The lowest BCUT2D eigenvalue weighted by Gasteiger charge is -2.45. The minimum Gasteiger partial charge on any atom is -0.389 e. The van der Waals surface area contributed by atoms with Crippen molar-refractivity contribution in [2.75, 3.05) is 31.1 Å². The van der Waals surface area contributed by atoms with E-state index in [1.807, 2.05) is 4.90 Å². The summed E-state index contributed by atoms with van der Waals surface area (Å²) in [4.78, 5) is 7.16. The van der Waals surface area contributed by atoms with Crippen LogP contribution in [-0.4, -0.2) is 75.7 Å². The first-order valence-electron chi connectivity index (χ1n) is 9.24. The van der Waals surface area contributed by atoms with Crippen molar-refractivity contribution in [2.45, 2.75) is 50.3 Å². The molecule has 5 atom stereocenters. The molecule has 3 heterocycles. The van der Waals surface area contributed by atoms with Crippen LogP contribution in [0.5, 0.6) is 0 Å². The monoisotopic (exact) mass is 389 g/mol. The van der Waals surface area contributed by atoms with E-state index in [4.69, 9.17) is 0 Å². The third kappa shape index (κ3) is 4.37. The molecule has 6 nitrogen and oxygen atoms in total. The molecule has 0 aliphatic carbocycles. The first-order valence-corrected chi connectivity index (χ1v) is 9.24. The number of rotatable bonds is 3. The first kappa shape index (κ1) is 20.3. The van der Waals surface area contributed by atoms with Crippen molar-refractivity contribution in [1.82, 2.24) is 9.88 Å². The third-order valence-electron chi connectivity index (χ3n) is 5.64. The Bertz CT molecular complexity index is 646. The molecule has 1 aromatic heterocycles. The Hall–Kier alpha value is -1.42. The molecular formula is C18H26F3N3O3. The zero-order valence-corrected chi connectivity index (χ0v) is 15.2. The molecule has 2 saturated heterocycles. The van der Waals surface area contributed by atoms with E-state index in [2.05, 4.69) is 4.98 Å². The lowest BCUT2D eigenvalue weighted by Crippen LogP contribution is -2.61.